The Kier molecular flexibility index (Phi) is 5.15. The highest BCUT2D eigenvalue weighted by Gasteiger charge is 2.44. The van der Waals surface area contributed by atoms with Gasteiger partial charge in [0.1, 0.15) is 12.9 Å². The lowest BCUT2D eigenvalue weighted by Gasteiger charge is -2.37. The standard InChI is InChI=1S/C13H23NO5/c1-3-17-12(15)6-9(14)8-4-10(16-2)13-11(5-8)18-7-19-13/h8-11,13H,3-7,14H2,1-2H3. The van der Waals surface area contributed by atoms with E-state index in [1.54, 1.807) is 14.0 Å². The monoisotopic (exact) mass is 273 g/mol. The first-order valence-corrected chi connectivity index (χ1v) is 6.82. The van der Waals surface area contributed by atoms with Gasteiger partial charge in [0.2, 0.25) is 0 Å². The van der Waals surface area contributed by atoms with Crippen LogP contribution in [0.1, 0.15) is 26.2 Å². The van der Waals surface area contributed by atoms with E-state index in [0.29, 0.717) is 13.4 Å². The topological polar surface area (TPSA) is 80.0 Å². The Morgan fingerprint density at radius 3 is 2.89 bits per heavy atom. The molecule has 1 saturated heterocycles. The lowest BCUT2D eigenvalue weighted by Crippen LogP contribution is -2.48. The molecule has 0 aromatic rings. The maximum atomic E-state index is 11.5. The molecule has 6 heteroatoms. The average molecular weight is 273 g/mol. The van der Waals surface area contributed by atoms with Crippen LogP contribution in [0.3, 0.4) is 0 Å². The third kappa shape index (κ3) is 3.45. The van der Waals surface area contributed by atoms with Crippen molar-refractivity contribution in [3.8, 4) is 0 Å². The van der Waals surface area contributed by atoms with Crippen LogP contribution in [-0.4, -0.2) is 50.8 Å². The smallest absolute Gasteiger partial charge is 0.307 e. The first-order chi connectivity index (χ1) is 9.15. The number of nitrogens with two attached hydrogens (primary N) is 1. The molecule has 2 fully saturated rings. The van der Waals surface area contributed by atoms with Gasteiger partial charge in [-0.3, -0.25) is 4.79 Å². The molecule has 5 atom stereocenters. The molecular weight excluding hydrogens is 250 g/mol. The SMILES string of the molecule is CCOC(=O)CC(N)C1CC(OC)C2OCOC2C1. The van der Waals surface area contributed by atoms with Crippen molar-refractivity contribution in [2.24, 2.45) is 11.7 Å². The molecule has 6 nitrogen and oxygen atoms in total. The maximum absolute atomic E-state index is 11.5. The second-order valence-electron chi connectivity index (χ2n) is 5.13. The normalized spacial score (nSPS) is 35.7. The molecule has 1 aliphatic heterocycles. The van der Waals surface area contributed by atoms with Crippen LogP contribution in [0.2, 0.25) is 0 Å². The number of methoxy groups -OCH3 is 1. The van der Waals surface area contributed by atoms with E-state index >= 15 is 0 Å². The summed E-state index contributed by atoms with van der Waals surface area (Å²) in [6, 6.07) is -0.221. The summed E-state index contributed by atoms with van der Waals surface area (Å²) in [6.45, 7) is 2.49. The third-order valence-electron chi connectivity index (χ3n) is 3.96. The van der Waals surface area contributed by atoms with Gasteiger partial charge in [0, 0.05) is 13.2 Å². The minimum atomic E-state index is -0.241. The molecule has 19 heavy (non-hydrogen) atoms. The van der Waals surface area contributed by atoms with Crippen LogP contribution in [0.25, 0.3) is 0 Å². The van der Waals surface area contributed by atoms with Crippen molar-refractivity contribution in [3.05, 3.63) is 0 Å². The maximum Gasteiger partial charge on any atom is 0.307 e. The fourth-order valence-electron chi connectivity index (χ4n) is 2.94. The molecule has 0 spiro atoms. The van der Waals surface area contributed by atoms with Gasteiger partial charge in [-0.2, -0.15) is 0 Å². The number of rotatable bonds is 5. The third-order valence-corrected chi connectivity index (χ3v) is 3.96. The van der Waals surface area contributed by atoms with Crippen molar-refractivity contribution in [2.75, 3.05) is 20.5 Å². The molecule has 0 aromatic heterocycles. The molecule has 0 radical (unpaired) electrons. The highest BCUT2D eigenvalue weighted by molar-refractivity contribution is 5.70. The Bertz CT molecular complexity index is 311. The average Bonchev–Trinajstić information content (AvgIpc) is 2.85. The molecule has 2 N–H and O–H groups in total. The van der Waals surface area contributed by atoms with Gasteiger partial charge in [0.25, 0.3) is 0 Å². The summed E-state index contributed by atoms with van der Waals surface area (Å²) < 4.78 is 21.5. The highest BCUT2D eigenvalue weighted by atomic mass is 16.7. The quantitative estimate of drug-likeness (QED) is 0.732. The van der Waals surface area contributed by atoms with E-state index in [1.165, 1.54) is 0 Å². The molecule has 0 aromatic carbocycles. The second kappa shape index (κ2) is 6.65. The molecule has 0 bridgehead atoms. The number of hydrogen-bond acceptors (Lipinski definition) is 6. The minimum absolute atomic E-state index is 0.00366. The summed E-state index contributed by atoms with van der Waals surface area (Å²) in [5, 5.41) is 0. The fourth-order valence-corrected chi connectivity index (χ4v) is 2.94. The Morgan fingerprint density at radius 1 is 1.42 bits per heavy atom. The van der Waals surface area contributed by atoms with Crippen molar-refractivity contribution >= 4 is 5.97 Å². The van der Waals surface area contributed by atoms with Crippen LogP contribution in [0.5, 0.6) is 0 Å². The summed E-state index contributed by atoms with van der Waals surface area (Å²) in [5.41, 5.74) is 6.13. The van der Waals surface area contributed by atoms with E-state index in [-0.39, 0.29) is 42.7 Å². The van der Waals surface area contributed by atoms with Crippen LogP contribution in [-0.2, 0) is 23.7 Å². The number of ether oxygens (including phenoxy) is 4. The first-order valence-electron chi connectivity index (χ1n) is 6.82. The van der Waals surface area contributed by atoms with E-state index in [4.69, 9.17) is 24.7 Å². The molecular formula is C13H23NO5. The van der Waals surface area contributed by atoms with Crippen molar-refractivity contribution in [2.45, 2.75) is 50.5 Å². The zero-order chi connectivity index (χ0) is 13.8. The number of fused-ring (bicyclic) bond motifs is 1. The molecule has 110 valence electrons. The van der Waals surface area contributed by atoms with E-state index in [0.717, 1.165) is 12.8 Å². The Labute approximate surface area is 113 Å². The Balaban J connectivity index is 1.91. The lowest BCUT2D eigenvalue weighted by atomic mass is 9.78. The first kappa shape index (κ1) is 14.7. The Morgan fingerprint density at radius 2 is 2.21 bits per heavy atom. The molecule has 1 saturated carbocycles. The summed E-state index contributed by atoms with van der Waals surface area (Å²) in [6.07, 6.45) is 1.85. The van der Waals surface area contributed by atoms with Crippen molar-refractivity contribution in [3.63, 3.8) is 0 Å². The molecule has 1 aliphatic carbocycles. The summed E-state index contributed by atoms with van der Waals surface area (Å²) >= 11 is 0. The lowest BCUT2D eigenvalue weighted by molar-refractivity contribution is -0.144. The molecule has 1 heterocycles. The zero-order valence-electron chi connectivity index (χ0n) is 11.5. The summed E-state index contributed by atoms with van der Waals surface area (Å²) in [5.74, 6) is -0.0491. The van der Waals surface area contributed by atoms with E-state index in [2.05, 4.69) is 0 Å². The van der Waals surface area contributed by atoms with Crippen LogP contribution in [0.4, 0.5) is 0 Å². The number of carbonyl (C=O) groups is 1. The number of hydrogen-bond donors (Lipinski definition) is 1. The summed E-state index contributed by atoms with van der Waals surface area (Å²) in [4.78, 5) is 11.5. The van der Waals surface area contributed by atoms with E-state index in [1.807, 2.05) is 0 Å². The van der Waals surface area contributed by atoms with Gasteiger partial charge in [0.15, 0.2) is 0 Å². The highest BCUT2D eigenvalue weighted by Crippen LogP contribution is 2.35. The van der Waals surface area contributed by atoms with Gasteiger partial charge in [0.05, 0.1) is 25.2 Å². The van der Waals surface area contributed by atoms with Gasteiger partial charge in [-0.25, -0.2) is 0 Å². The minimum Gasteiger partial charge on any atom is -0.466 e. The fraction of sp³-hybridized carbons (Fsp3) is 0.923. The van der Waals surface area contributed by atoms with Crippen LogP contribution in [0, 0.1) is 5.92 Å². The van der Waals surface area contributed by atoms with E-state index < -0.39 is 0 Å². The van der Waals surface area contributed by atoms with Gasteiger partial charge >= 0.3 is 5.97 Å². The van der Waals surface area contributed by atoms with Crippen LogP contribution >= 0.6 is 0 Å². The largest absolute Gasteiger partial charge is 0.466 e. The molecule has 0 amide bonds. The molecule has 5 unspecified atom stereocenters. The molecule has 2 aliphatic rings. The Hall–Kier alpha value is -0.690. The zero-order valence-corrected chi connectivity index (χ0v) is 11.5. The van der Waals surface area contributed by atoms with Crippen molar-refractivity contribution in [1.29, 1.82) is 0 Å². The van der Waals surface area contributed by atoms with Gasteiger partial charge in [-0.05, 0) is 25.7 Å². The van der Waals surface area contributed by atoms with Crippen molar-refractivity contribution < 1.29 is 23.7 Å². The van der Waals surface area contributed by atoms with Crippen LogP contribution < -0.4 is 5.73 Å². The van der Waals surface area contributed by atoms with Gasteiger partial charge in [-0.1, -0.05) is 0 Å². The van der Waals surface area contributed by atoms with Gasteiger partial charge < -0.3 is 24.7 Å². The van der Waals surface area contributed by atoms with E-state index in [9.17, 15) is 4.79 Å². The number of esters is 1. The predicted octanol–water partition coefficient (Wildman–Crippen LogP) is 0.433. The molecule has 2 rings (SSSR count). The number of carbonyl (C=O) groups excluding carboxylic acids is 1. The van der Waals surface area contributed by atoms with Crippen LogP contribution in [0.15, 0.2) is 0 Å². The summed E-state index contributed by atoms with van der Waals surface area (Å²) in [7, 11) is 1.67. The van der Waals surface area contributed by atoms with Crippen molar-refractivity contribution in [1.82, 2.24) is 0 Å². The predicted molar refractivity (Wildman–Crippen MR) is 67.4 cm³/mol. The second-order valence-corrected chi connectivity index (χ2v) is 5.13. The van der Waals surface area contributed by atoms with Gasteiger partial charge in [-0.15, -0.1) is 0 Å².